The molecule has 2 aliphatic rings. The molecular weight excluding hydrogens is 368 g/mol. The Balaban J connectivity index is 1.81. The molecule has 2 aromatic carbocycles. The summed E-state index contributed by atoms with van der Waals surface area (Å²) in [6.07, 6.45) is 0.143. The van der Waals surface area contributed by atoms with E-state index >= 15 is 0 Å². The highest BCUT2D eigenvalue weighted by molar-refractivity contribution is 8.03. The fourth-order valence-corrected chi connectivity index (χ4v) is 5.01. The van der Waals surface area contributed by atoms with Crippen LogP contribution in [-0.4, -0.2) is 21.7 Å². The second-order valence-corrected chi connectivity index (χ2v) is 7.74. The number of nitrogens with zero attached hydrogens (tertiary/aromatic N) is 2. The summed E-state index contributed by atoms with van der Waals surface area (Å²) in [6.45, 7) is 0. The number of nitriles is 1. The molecule has 0 bridgehead atoms. The highest BCUT2D eigenvalue weighted by atomic mass is 35.5. The Labute approximate surface area is 160 Å². The smallest absolute Gasteiger partial charge is 0.231 e. The summed E-state index contributed by atoms with van der Waals surface area (Å²) >= 11 is 7.31. The molecule has 2 aliphatic heterocycles. The van der Waals surface area contributed by atoms with E-state index in [0.29, 0.717) is 26.9 Å². The summed E-state index contributed by atoms with van der Waals surface area (Å²) in [6, 6.07) is 18.6. The average molecular weight is 383 g/mol. The van der Waals surface area contributed by atoms with E-state index in [1.54, 1.807) is 24.3 Å². The maximum Gasteiger partial charge on any atom is 0.231 e. The molecule has 2 aromatic rings. The lowest BCUT2D eigenvalue weighted by Crippen LogP contribution is -2.48. The number of rotatable bonds is 2. The molecule has 6 heteroatoms. The summed E-state index contributed by atoms with van der Waals surface area (Å²) < 4.78 is 0. The lowest BCUT2D eigenvalue weighted by Gasteiger charge is -2.38. The molecule has 1 N–H and O–H groups in total. The highest BCUT2D eigenvalue weighted by Crippen LogP contribution is 2.51. The first-order valence-electron chi connectivity index (χ1n) is 8.18. The Morgan fingerprint density at radius 2 is 1.88 bits per heavy atom. The van der Waals surface area contributed by atoms with Gasteiger partial charge < -0.3 is 5.11 Å². The van der Waals surface area contributed by atoms with Gasteiger partial charge in [-0.3, -0.25) is 9.69 Å². The number of benzene rings is 2. The minimum atomic E-state index is -1.43. The number of amides is 1. The van der Waals surface area contributed by atoms with Crippen molar-refractivity contribution in [1.29, 1.82) is 5.26 Å². The molecule has 0 spiro atoms. The first-order chi connectivity index (χ1) is 12.5. The summed E-state index contributed by atoms with van der Waals surface area (Å²) in [5, 5.41) is 22.2. The van der Waals surface area contributed by atoms with E-state index in [-0.39, 0.29) is 18.2 Å². The second kappa shape index (κ2) is 6.48. The van der Waals surface area contributed by atoms with Gasteiger partial charge in [0.25, 0.3) is 0 Å². The van der Waals surface area contributed by atoms with Gasteiger partial charge in [-0.2, -0.15) is 5.26 Å². The van der Waals surface area contributed by atoms with Gasteiger partial charge in [-0.25, -0.2) is 0 Å². The van der Waals surface area contributed by atoms with Gasteiger partial charge in [0.2, 0.25) is 5.91 Å². The molecule has 26 heavy (non-hydrogen) atoms. The predicted octanol–water partition coefficient (Wildman–Crippen LogP) is 3.98. The molecule has 2 unspecified atom stereocenters. The molecule has 1 amide bonds. The van der Waals surface area contributed by atoms with Crippen LogP contribution in [0.4, 0.5) is 0 Å². The van der Waals surface area contributed by atoms with E-state index < -0.39 is 5.72 Å². The Morgan fingerprint density at radius 1 is 1.19 bits per heavy atom. The van der Waals surface area contributed by atoms with Gasteiger partial charge in [-0.1, -0.05) is 54.1 Å². The second-order valence-electron chi connectivity index (χ2n) is 6.34. The van der Waals surface area contributed by atoms with Crippen molar-refractivity contribution in [2.75, 3.05) is 5.75 Å². The molecule has 0 saturated carbocycles. The van der Waals surface area contributed by atoms with Crippen molar-refractivity contribution in [3.63, 3.8) is 0 Å². The van der Waals surface area contributed by atoms with Gasteiger partial charge in [0.1, 0.15) is 0 Å². The molecule has 1 saturated heterocycles. The number of carbonyl (C=O) groups excluding carboxylic acids is 1. The van der Waals surface area contributed by atoms with Gasteiger partial charge in [-0.15, -0.1) is 11.8 Å². The minimum absolute atomic E-state index is 0.143. The van der Waals surface area contributed by atoms with Gasteiger partial charge in [0.15, 0.2) is 5.72 Å². The van der Waals surface area contributed by atoms with Crippen LogP contribution in [0.5, 0.6) is 0 Å². The predicted molar refractivity (Wildman–Crippen MR) is 101 cm³/mol. The molecule has 1 fully saturated rings. The number of allylic oxidation sites excluding steroid dienone is 1. The zero-order valence-electron chi connectivity index (χ0n) is 13.7. The van der Waals surface area contributed by atoms with Crippen LogP contribution in [0.3, 0.4) is 0 Å². The van der Waals surface area contributed by atoms with Crippen LogP contribution in [0.1, 0.15) is 23.5 Å². The highest BCUT2D eigenvalue weighted by Gasteiger charge is 2.51. The quantitative estimate of drug-likeness (QED) is 0.853. The fourth-order valence-electron chi connectivity index (χ4n) is 3.52. The number of hydrogen-bond donors (Lipinski definition) is 1. The van der Waals surface area contributed by atoms with E-state index in [9.17, 15) is 15.2 Å². The minimum Gasteiger partial charge on any atom is -0.366 e. The number of fused-ring (bicyclic) bond motifs is 1. The number of halogens is 1. The van der Waals surface area contributed by atoms with Crippen molar-refractivity contribution in [3.05, 3.63) is 81.3 Å². The molecule has 0 radical (unpaired) electrons. The van der Waals surface area contributed by atoms with Crippen molar-refractivity contribution in [2.24, 2.45) is 0 Å². The van der Waals surface area contributed by atoms with Crippen molar-refractivity contribution in [3.8, 4) is 6.07 Å². The third-order valence-electron chi connectivity index (χ3n) is 4.82. The summed E-state index contributed by atoms with van der Waals surface area (Å²) in [4.78, 5) is 14.4. The summed E-state index contributed by atoms with van der Waals surface area (Å²) in [5.41, 5.74) is 0.620. The van der Waals surface area contributed by atoms with Crippen molar-refractivity contribution >= 4 is 29.3 Å². The van der Waals surface area contributed by atoms with E-state index in [4.69, 9.17) is 11.6 Å². The molecule has 4 rings (SSSR count). The Morgan fingerprint density at radius 3 is 2.54 bits per heavy atom. The summed E-state index contributed by atoms with van der Waals surface area (Å²) in [7, 11) is 0. The van der Waals surface area contributed by atoms with Crippen LogP contribution in [0.15, 0.2) is 65.2 Å². The van der Waals surface area contributed by atoms with Crippen LogP contribution in [0, 0.1) is 11.3 Å². The lowest BCUT2D eigenvalue weighted by atomic mass is 9.85. The normalized spacial score (nSPS) is 25.2. The monoisotopic (exact) mass is 382 g/mol. The first-order valence-corrected chi connectivity index (χ1v) is 9.54. The lowest BCUT2D eigenvalue weighted by molar-refractivity contribution is -0.149. The third-order valence-corrected chi connectivity index (χ3v) is 6.29. The molecule has 0 aliphatic carbocycles. The van der Waals surface area contributed by atoms with Gasteiger partial charge >= 0.3 is 0 Å². The number of carbonyl (C=O) groups is 1. The molecule has 2 atom stereocenters. The third kappa shape index (κ3) is 2.62. The zero-order valence-corrected chi connectivity index (χ0v) is 15.3. The average Bonchev–Trinajstić information content (AvgIpc) is 3.02. The summed E-state index contributed by atoms with van der Waals surface area (Å²) in [5.74, 6) is -0.201. The molecule has 4 nitrogen and oxygen atoms in total. The number of hydrogen-bond acceptors (Lipinski definition) is 4. The van der Waals surface area contributed by atoms with E-state index in [0.717, 1.165) is 5.56 Å². The Bertz CT molecular complexity index is 937. The van der Waals surface area contributed by atoms with E-state index in [1.807, 2.05) is 30.3 Å². The topological polar surface area (TPSA) is 64.3 Å². The van der Waals surface area contributed by atoms with Crippen molar-refractivity contribution in [2.45, 2.75) is 18.1 Å². The SMILES string of the molecule is N#CC1=C2SCC(O)(c3ccccc3)N2C(=O)CC1c1ccc(Cl)cc1. The molecule has 0 aromatic heterocycles. The first kappa shape index (κ1) is 17.2. The maximum atomic E-state index is 13.0. The number of aliphatic hydroxyl groups is 1. The van der Waals surface area contributed by atoms with Gasteiger partial charge in [0.05, 0.1) is 22.4 Å². The van der Waals surface area contributed by atoms with Crippen LogP contribution < -0.4 is 0 Å². The zero-order chi connectivity index (χ0) is 18.3. The van der Waals surface area contributed by atoms with Crippen LogP contribution in [-0.2, 0) is 10.5 Å². The van der Waals surface area contributed by atoms with Gasteiger partial charge in [-0.05, 0) is 17.7 Å². The standard InChI is InChI=1S/C20H15ClN2O2S/c21-15-8-6-13(7-9-15)16-10-18(24)23-19(17(16)11-22)26-12-20(23,25)14-4-2-1-3-5-14/h1-9,16,25H,10,12H2. The van der Waals surface area contributed by atoms with E-state index in [2.05, 4.69) is 6.07 Å². The molecular formula is C20H15ClN2O2S. The Kier molecular flexibility index (Phi) is 4.28. The molecule has 2 heterocycles. The number of thioether (sulfide) groups is 1. The van der Waals surface area contributed by atoms with Crippen LogP contribution in [0.2, 0.25) is 5.02 Å². The molecule has 130 valence electrons. The maximum absolute atomic E-state index is 13.0. The Hall–Kier alpha value is -2.26. The van der Waals surface area contributed by atoms with Gasteiger partial charge in [0, 0.05) is 22.9 Å². The van der Waals surface area contributed by atoms with E-state index in [1.165, 1.54) is 16.7 Å². The van der Waals surface area contributed by atoms with Crippen LogP contribution >= 0.6 is 23.4 Å². The van der Waals surface area contributed by atoms with Crippen molar-refractivity contribution < 1.29 is 9.90 Å². The fraction of sp³-hybridized carbons (Fsp3) is 0.200. The van der Waals surface area contributed by atoms with Crippen molar-refractivity contribution in [1.82, 2.24) is 4.90 Å². The largest absolute Gasteiger partial charge is 0.366 e. The van der Waals surface area contributed by atoms with Crippen LogP contribution in [0.25, 0.3) is 0 Å².